The van der Waals surface area contributed by atoms with Crippen molar-refractivity contribution in [1.29, 1.82) is 0 Å². The van der Waals surface area contributed by atoms with E-state index >= 15 is 0 Å². The standard InChI is InChI=1S/C13H14N2O/c1-9-6-11(8-14-7-9)13(16)12-10(2)4-3-5-15-12/h3-8,13,16H,1-2H3. The molecule has 82 valence electrons. The summed E-state index contributed by atoms with van der Waals surface area (Å²) in [7, 11) is 0. The molecule has 1 atom stereocenters. The molecule has 0 saturated heterocycles. The number of aliphatic hydroxyl groups excluding tert-OH is 1. The Morgan fingerprint density at radius 3 is 2.75 bits per heavy atom. The molecule has 2 aromatic heterocycles. The van der Waals surface area contributed by atoms with Crippen molar-refractivity contribution in [3.8, 4) is 0 Å². The van der Waals surface area contributed by atoms with Crippen LogP contribution in [0.3, 0.4) is 0 Å². The molecular weight excluding hydrogens is 200 g/mol. The largest absolute Gasteiger partial charge is 0.382 e. The van der Waals surface area contributed by atoms with E-state index in [0.717, 1.165) is 16.7 Å². The van der Waals surface area contributed by atoms with Crippen molar-refractivity contribution in [3.05, 3.63) is 59.2 Å². The molecule has 1 N–H and O–H groups in total. The number of aliphatic hydroxyl groups is 1. The van der Waals surface area contributed by atoms with Crippen LogP contribution in [0.25, 0.3) is 0 Å². The number of nitrogens with zero attached hydrogens (tertiary/aromatic N) is 2. The fraction of sp³-hybridized carbons (Fsp3) is 0.231. The summed E-state index contributed by atoms with van der Waals surface area (Å²) >= 11 is 0. The maximum absolute atomic E-state index is 10.2. The van der Waals surface area contributed by atoms with Crippen molar-refractivity contribution in [3.63, 3.8) is 0 Å². The normalized spacial score (nSPS) is 12.4. The molecule has 2 aromatic rings. The molecule has 0 aromatic carbocycles. The molecule has 0 aliphatic rings. The zero-order valence-corrected chi connectivity index (χ0v) is 9.38. The zero-order chi connectivity index (χ0) is 11.5. The minimum Gasteiger partial charge on any atom is -0.382 e. The van der Waals surface area contributed by atoms with Gasteiger partial charge in [0.05, 0.1) is 5.69 Å². The molecule has 0 aliphatic carbocycles. The first-order valence-electron chi connectivity index (χ1n) is 5.19. The van der Waals surface area contributed by atoms with Crippen LogP contribution in [-0.4, -0.2) is 15.1 Å². The van der Waals surface area contributed by atoms with Gasteiger partial charge in [0.2, 0.25) is 0 Å². The highest BCUT2D eigenvalue weighted by Gasteiger charge is 2.14. The molecule has 3 heteroatoms. The van der Waals surface area contributed by atoms with Crippen LogP contribution in [0.5, 0.6) is 0 Å². The Morgan fingerprint density at radius 1 is 1.25 bits per heavy atom. The predicted molar refractivity (Wildman–Crippen MR) is 62.0 cm³/mol. The minimum absolute atomic E-state index is 0.690. The van der Waals surface area contributed by atoms with Gasteiger partial charge in [-0.2, -0.15) is 0 Å². The van der Waals surface area contributed by atoms with E-state index in [-0.39, 0.29) is 0 Å². The van der Waals surface area contributed by atoms with Crippen molar-refractivity contribution in [1.82, 2.24) is 9.97 Å². The Kier molecular flexibility index (Phi) is 2.97. The molecule has 0 spiro atoms. The van der Waals surface area contributed by atoms with Crippen LogP contribution in [-0.2, 0) is 0 Å². The Hall–Kier alpha value is -1.74. The molecule has 3 nitrogen and oxygen atoms in total. The van der Waals surface area contributed by atoms with Crippen LogP contribution in [0, 0.1) is 13.8 Å². The first kappa shape index (κ1) is 10.8. The number of aryl methyl sites for hydroxylation is 2. The van der Waals surface area contributed by atoms with E-state index in [2.05, 4.69) is 9.97 Å². The number of hydrogen-bond donors (Lipinski definition) is 1. The zero-order valence-electron chi connectivity index (χ0n) is 9.38. The van der Waals surface area contributed by atoms with E-state index in [1.807, 2.05) is 32.0 Å². The summed E-state index contributed by atoms with van der Waals surface area (Å²) in [4.78, 5) is 8.28. The van der Waals surface area contributed by atoms with Crippen molar-refractivity contribution < 1.29 is 5.11 Å². The van der Waals surface area contributed by atoms with Gasteiger partial charge in [-0.05, 0) is 31.0 Å². The molecule has 0 bridgehead atoms. The van der Waals surface area contributed by atoms with Crippen LogP contribution < -0.4 is 0 Å². The molecule has 2 heterocycles. The van der Waals surface area contributed by atoms with Gasteiger partial charge in [0.15, 0.2) is 0 Å². The second-order valence-electron chi connectivity index (χ2n) is 3.90. The summed E-state index contributed by atoms with van der Waals surface area (Å²) in [5, 5.41) is 10.2. The van der Waals surface area contributed by atoms with E-state index in [4.69, 9.17) is 0 Å². The lowest BCUT2D eigenvalue weighted by Gasteiger charge is -2.12. The van der Waals surface area contributed by atoms with E-state index < -0.39 is 6.10 Å². The second kappa shape index (κ2) is 4.41. The highest BCUT2D eigenvalue weighted by Crippen LogP contribution is 2.22. The van der Waals surface area contributed by atoms with Crippen LogP contribution in [0.2, 0.25) is 0 Å². The van der Waals surface area contributed by atoms with E-state index in [0.29, 0.717) is 5.69 Å². The van der Waals surface area contributed by atoms with E-state index in [1.165, 1.54) is 0 Å². The highest BCUT2D eigenvalue weighted by atomic mass is 16.3. The average Bonchev–Trinajstić information content (AvgIpc) is 2.29. The van der Waals surface area contributed by atoms with Gasteiger partial charge in [-0.3, -0.25) is 9.97 Å². The average molecular weight is 214 g/mol. The van der Waals surface area contributed by atoms with Gasteiger partial charge in [-0.1, -0.05) is 12.1 Å². The second-order valence-corrected chi connectivity index (χ2v) is 3.90. The minimum atomic E-state index is -0.700. The third-order valence-electron chi connectivity index (χ3n) is 2.52. The lowest BCUT2D eigenvalue weighted by atomic mass is 10.0. The lowest BCUT2D eigenvalue weighted by molar-refractivity contribution is 0.214. The topological polar surface area (TPSA) is 46.0 Å². The van der Waals surface area contributed by atoms with Crippen LogP contribution in [0.15, 0.2) is 36.8 Å². The first-order valence-corrected chi connectivity index (χ1v) is 5.19. The summed E-state index contributed by atoms with van der Waals surface area (Å²) < 4.78 is 0. The molecule has 0 fully saturated rings. The molecule has 2 rings (SSSR count). The first-order chi connectivity index (χ1) is 7.68. The molecule has 0 amide bonds. The van der Waals surface area contributed by atoms with Gasteiger partial charge in [-0.25, -0.2) is 0 Å². The Morgan fingerprint density at radius 2 is 2.06 bits per heavy atom. The number of aromatic nitrogens is 2. The Balaban J connectivity index is 2.39. The van der Waals surface area contributed by atoms with Crippen molar-refractivity contribution in [2.45, 2.75) is 20.0 Å². The lowest BCUT2D eigenvalue weighted by Crippen LogP contribution is -2.05. The van der Waals surface area contributed by atoms with Gasteiger partial charge in [0.1, 0.15) is 6.10 Å². The van der Waals surface area contributed by atoms with E-state index in [1.54, 1.807) is 18.6 Å². The maximum Gasteiger partial charge on any atom is 0.123 e. The van der Waals surface area contributed by atoms with Gasteiger partial charge in [0.25, 0.3) is 0 Å². The smallest absolute Gasteiger partial charge is 0.123 e. The number of rotatable bonds is 2. The summed E-state index contributed by atoms with van der Waals surface area (Å²) in [6.07, 6.45) is 4.43. The third kappa shape index (κ3) is 2.09. The molecule has 16 heavy (non-hydrogen) atoms. The third-order valence-corrected chi connectivity index (χ3v) is 2.52. The Bertz CT molecular complexity index is 497. The van der Waals surface area contributed by atoms with Gasteiger partial charge in [-0.15, -0.1) is 0 Å². The molecular formula is C13H14N2O. The van der Waals surface area contributed by atoms with Crippen molar-refractivity contribution in [2.24, 2.45) is 0 Å². The monoisotopic (exact) mass is 214 g/mol. The SMILES string of the molecule is Cc1cncc(C(O)c2ncccc2C)c1. The molecule has 0 radical (unpaired) electrons. The fourth-order valence-corrected chi connectivity index (χ4v) is 1.67. The number of pyridine rings is 2. The van der Waals surface area contributed by atoms with Crippen molar-refractivity contribution in [2.75, 3.05) is 0 Å². The highest BCUT2D eigenvalue weighted by molar-refractivity contribution is 5.30. The van der Waals surface area contributed by atoms with Gasteiger partial charge in [0, 0.05) is 24.2 Å². The number of hydrogen-bond acceptors (Lipinski definition) is 3. The molecule has 0 aliphatic heterocycles. The van der Waals surface area contributed by atoms with Crippen LogP contribution >= 0.6 is 0 Å². The Labute approximate surface area is 94.8 Å². The summed E-state index contributed by atoms with van der Waals surface area (Å²) in [5.41, 5.74) is 3.48. The summed E-state index contributed by atoms with van der Waals surface area (Å²) in [6.45, 7) is 3.89. The van der Waals surface area contributed by atoms with Crippen LogP contribution in [0.1, 0.15) is 28.5 Å². The van der Waals surface area contributed by atoms with Gasteiger partial charge < -0.3 is 5.11 Å². The maximum atomic E-state index is 10.2. The molecule has 1 unspecified atom stereocenters. The summed E-state index contributed by atoms with van der Waals surface area (Å²) in [5.74, 6) is 0. The summed E-state index contributed by atoms with van der Waals surface area (Å²) in [6, 6.07) is 5.72. The van der Waals surface area contributed by atoms with Crippen molar-refractivity contribution >= 4 is 0 Å². The fourth-order valence-electron chi connectivity index (χ4n) is 1.67. The molecule has 0 saturated carbocycles. The quantitative estimate of drug-likeness (QED) is 0.833. The predicted octanol–water partition coefficient (Wildman–Crippen LogP) is 2.18. The van der Waals surface area contributed by atoms with Crippen LogP contribution in [0.4, 0.5) is 0 Å². The van der Waals surface area contributed by atoms with E-state index in [9.17, 15) is 5.11 Å². The van der Waals surface area contributed by atoms with Gasteiger partial charge >= 0.3 is 0 Å².